The molecule has 3 aromatic rings. The van der Waals surface area contributed by atoms with E-state index in [1.807, 2.05) is 0 Å². The van der Waals surface area contributed by atoms with E-state index >= 15 is 0 Å². The van der Waals surface area contributed by atoms with Crippen molar-refractivity contribution in [1.29, 1.82) is 0 Å². The van der Waals surface area contributed by atoms with Gasteiger partial charge in [-0.1, -0.05) is 11.3 Å². The number of carbonyl (C=O) groups excluding carboxylic acids is 1. The molecule has 0 bridgehead atoms. The lowest BCUT2D eigenvalue weighted by Crippen LogP contribution is -2.36. The quantitative estimate of drug-likeness (QED) is 0.623. The molecule has 30 heavy (non-hydrogen) atoms. The summed E-state index contributed by atoms with van der Waals surface area (Å²) in [4.78, 5) is 36.1. The van der Waals surface area contributed by atoms with Crippen molar-refractivity contribution in [3.63, 3.8) is 0 Å². The van der Waals surface area contributed by atoms with Crippen LogP contribution in [-0.4, -0.2) is 61.0 Å². The highest BCUT2D eigenvalue weighted by Crippen LogP contribution is 2.30. The van der Waals surface area contributed by atoms with Crippen LogP contribution in [0.5, 0.6) is 11.5 Å². The summed E-state index contributed by atoms with van der Waals surface area (Å²) in [6.45, 7) is 2.54. The molecule has 1 saturated heterocycles. The Morgan fingerprint density at radius 2 is 2.00 bits per heavy atom. The number of morpholine rings is 1. The number of hydrogen-bond donors (Lipinski definition) is 1. The maximum atomic E-state index is 12.8. The number of methoxy groups -OCH3 is 2. The van der Waals surface area contributed by atoms with Gasteiger partial charge >= 0.3 is 0 Å². The third-order valence-electron chi connectivity index (χ3n) is 4.64. The number of nitrogens with zero attached hydrogens (tertiary/aromatic N) is 4. The van der Waals surface area contributed by atoms with Gasteiger partial charge in [0.15, 0.2) is 22.3 Å². The van der Waals surface area contributed by atoms with Crippen molar-refractivity contribution >= 4 is 38.4 Å². The van der Waals surface area contributed by atoms with Crippen LogP contribution in [0.25, 0.3) is 10.3 Å². The van der Waals surface area contributed by atoms with E-state index in [1.54, 1.807) is 18.2 Å². The Labute approximate surface area is 176 Å². The summed E-state index contributed by atoms with van der Waals surface area (Å²) in [5, 5.41) is 3.49. The molecule has 158 valence electrons. The summed E-state index contributed by atoms with van der Waals surface area (Å²) in [5.41, 5.74) is 0.634. The molecule has 0 spiro atoms. The molecule has 3 heterocycles. The molecule has 1 aromatic carbocycles. The van der Waals surface area contributed by atoms with Crippen LogP contribution in [0.15, 0.2) is 29.3 Å². The number of carbonyl (C=O) groups is 1. The molecular weight excluding hydrogens is 410 g/mol. The zero-order chi connectivity index (χ0) is 21.1. The summed E-state index contributed by atoms with van der Waals surface area (Å²) < 4.78 is 17.5. The Balaban J connectivity index is 1.51. The highest BCUT2D eigenvalue weighted by molar-refractivity contribution is 7.22. The monoisotopic (exact) mass is 431 g/mol. The average molecular weight is 431 g/mol. The van der Waals surface area contributed by atoms with E-state index in [1.165, 1.54) is 36.5 Å². The first-order chi connectivity index (χ1) is 14.6. The lowest BCUT2D eigenvalue weighted by atomic mass is 10.2. The summed E-state index contributed by atoms with van der Waals surface area (Å²) in [7, 11) is 3.06. The minimum atomic E-state index is -0.358. The van der Waals surface area contributed by atoms with Crippen LogP contribution >= 0.6 is 11.3 Å². The number of nitrogens with one attached hydrogen (secondary N) is 1. The topological polar surface area (TPSA) is 108 Å². The number of ether oxygens (including phenoxy) is 3. The third kappa shape index (κ3) is 4.07. The van der Waals surface area contributed by atoms with Gasteiger partial charge in [0.25, 0.3) is 5.56 Å². The number of anilines is 2. The minimum absolute atomic E-state index is 0.166. The van der Waals surface area contributed by atoms with E-state index in [-0.39, 0.29) is 18.0 Å². The lowest BCUT2D eigenvalue weighted by Gasteiger charge is -2.25. The first kappa shape index (κ1) is 20.1. The van der Waals surface area contributed by atoms with Crippen LogP contribution in [0.4, 0.5) is 10.8 Å². The van der Waals surface area contributed by atoms with E-state index in [0.29, 0.717) is 40.7 Å². The molecule has 0 saturated carbocycles. The van der Waals surface area contributed by atoms with E-state index in [4.69, 9.17) is 14.2 Å². The lowest BCUT2D eigenvalue weighted by molar-refractivity contribution is -0.116. The Kier molecular flexibility index (Phi) is 5.81. The van der Waals surface area contributed by atoms with Crippen molar-refractivity contribution in [3.05, 3.63) is 34.9 Å². The molecule has 2 aromatic heterocycles. The van der Waals surface area contributed by atoms with Crippen LogP contribution in [0.3, 0.4) is 0 Å². The van der Waals surface area contributed by atoms with Crippen LogP contribution in [0, 0.1) is 0 Å². The van der Waals surface area contributed by atoms with E-state index in [0.717, 1.165) is 18.2 Å². The Bertz CT molecular complexity index is 1120. The standard InChI is InChI=1S/C19H21N5O5S/c1-27-13-4-3-12(9-14(13)28-2)21-15(25)10-24-11-20-17-16(18(24)26)30-19(22-17)23-5-7-29-8-6-23/h3-4,9,11H,5-8,10H2,1-2H3,(H,21,25). The number of thiazole rings is 1. The maximum Gasteiger partial charge on any atom is 0.273 e. The van der Waals surface area contributed by atoms with Crippen LogP contribution in [0.1, 0.15) is 0 Å². The second-order valence-corrected chi connectivity index (χ2v) is 7.52. The first-order valence-electron chi connectivity index (χ1n) is 9.29. The first-order valence-corrected chi connectivity index (χ1v) is 10.1. The smallest absolute Gasteiger partial charge is 0.273 e. The van der Waals surface area contributed by atoms with Crippen molar-refractivity contribution in [3.8, 4) is 11.5 Å². The van der Waals surface area contributed by atoms with Gasteiger partial charge in [-0.25, -0.2) is 4.98 Å². The zero-order valence-electron chi connectivity index (χ0n) is 16.6. The van der Waals surface area contributed by atoms with Gasteiger partial charge in [0.05, 0.1) is 27.4 Å². The van der Waals surface area contributed by atoms with Gasteiger partial charge in [-0.05, 0) is 12.1 Å². The molecule has 10 nitrogen and oxygen atoms in total. The predicted octanol–water partition coefficient (Wildman–Crippen LogP) is 1.35. The van der Waals surface area contributed by atoms with Gasteiger partial charge in [0.2, 0.25) is 5.91 Å². The molecule has 0 radical (unpaired) electrons. The van der Waals surface area contributed by atoms with Gasteiger partial charge in [-0.2, -0.15) is 4.98 Å². The molecule has 1 amide bonds. The number of amides is 1. The van der Waals surface area contributed by atoms with Crippen LogP contribution in [0.2, 0.25) is 0 Å². The fourth-order valence-electron chi connectivity index (χ4n) is 3.11. The zero-order valence-corrected chi connectivity index (χ0v) is 17.4. The van der Waals surface area contributed by atoms with Gasteiger partial charge < -0.3 is 24.4 Å². The molecule has 11 heteroatoms. The van der Waals surface area contributed by atoms with Gasteiger partial charge in [0.1, 0.15) is 17.6 Å². The van der Waals surface area contributed by atoms with E-state index < -0.39 is 0 Å². The van der Waals surface area contributed by atoms with Gasteiger partial charge in [-0.15, -0.1) is 0 Å². The van der Waals surface area contributed by atoms with E-state index in [2.05, 4.69) is 20.2 Å². The predicted molar refractivity (Wildman–Crippen MR) is 113 cm³/mol. The minimum Gasteiger partial charge on any atom is -0.493 e. The van der Waals surface area contributed by atoms with E-state index in [9.17, 15) is 9.59 Å². The second kappa shape index (κ2) is 8.67. The summed E-state index contributed by atoms with van der Waals surface area (Å²) in [6.07, 6.45) is 1.35. The molecule has 1 N–H and O–H groups in total. The van der Waals surface area contributed by atoms with Crippen LogP contribution < -0.4 is 25.2 Å². The molecule has 1 aliphatic heterocycles. The molecular formula is C19H21N5O5S. The average Bonchev–Trinajstić information content (AvgIpc) is 3.21. The summed E-state index contributed by atoms with van der Waals surface area (Å²) in [5.74, 6) is 0.696. The molecule has 1 aliphatic rings. The Hall–Kier alpha value is -3.18. The normalized spacial score (nSPS) is 14.0. The van der Waals surface area contributed by atoms with Crippen molar-refractivity contribution in [2.24, 2.45) is 0 Å². The Morgan fingerprint density at radius 3 is 2.73 bits per heavy atom. The van der Waals surface area contributed by atoms with Crippen molar-refractivity contribution in [1.82, 2.24) is 14.5 Å². The largest absolute Gasteiger partial charge is 0.493 e. The van der Waals surface area contributed by atoms with Crippen molar-refractivity contribution in [2.75, 3.05) is 50.7 Å². The fourth-order valence-corrected chi connectivity index (χ4v) is 4.13. The van der Waals surface area contributed by atoms with Gasteiger partial charge in [0, 0.05) is 24.8 Å². The maximum absolute atomic E-state index is 12.8. The summed E-state index contributed by atoms with van der Waals surface area (Å²) >= 11 is 1.29. The second-order valence-electron chi connectivity index (χ2n) is 6.54. The number of aromatic nitrogens is 3. The van der Waals surface area contributed by atoms with Crippen molar-refractivity contribution in [2.45, 2.75) is 6.54 Å². The number of rotatable bonds is 6. The van der Waals surface area contributed by atoms with Crippen LogP contribution in [-0.2, 0) is 16.1 Å². The number of benzene rings is 1. The molecule has 0 atom stereocenters. The molecule has 0 unspecified atom stereocenters. The highest BCUT2D eigenvalue weighted by atomic mass is 32.1. The number of hydrogen-bond acceptors (Lipinski definition) is 9. The number of fused-ring (bicyclic) bond motifs is 1. The van der Waals surface area contributed by atoms with Crippen molar-refractivity contribution < 1.29 is 19.0 Å². The fraction of sp³-hybridized carbons (Fsp3) is 0.368. The molecule has 0 aliphatic carbocycles. The third-order valence-corrected chi connectivity index (χ3v) is 5.73. The molecule has 1 fully saturated rings. The SMILES string of the molecule is COc1ccc(NC(=O)Cn2cnc3nc(N4CCOCC4)sc3c2=O)cc1OC. The van der Waals surface area contributed by atoms with Gasteiger partial charge in [-0.3, -0.25) is 14.2 Å². The highest BCUT2D eigenvalue weighted by Gasteiger charge is 2.18. The summed E-state index contributed by atoms with van der Waals surface area (Å²) in [6, 6.07) is 5.04. The Morgan fingerprint density at radius 1 is 1.23 bits per heavy atom. The molecule has 4 rings (SSSR count).